The Bertz CT molecular complexity index is 60.9. The molecule has 4 heteroatoms. The molecule has 0 saturated heterocycles. The molecule has 1 unspecified atom stereocenters. The molecule has 0 spiro atoms. The fourth-order valence-electron chi connectivity index (χ4n) is 0.496. The summed E-state index contributed by atoms with van der Waals surface area (Å²) >= 11 is 0. The molecule has 0 bridgehead atoms. The average molecular weight is 155 g/mol. The number of nitrogens with two attached hydrogens (primary N) is 1. The second-order valence-corrected chi connectivity index (χ2v) is 2.15. The summed E-state index contributed by atoms with van der Waals surface area (Å²) < 4.78 is 0. The Balaban J connectivity index is 0. The van der Waals surface area contributed by atoms with Crippen LogP contribution >= 0.6 is 12.4 Å². The third-order valence-electron chi connectivity index (χ3n) is 0.848. The minimum atomic E-state index is -0.370. The minimum absolute atomic E-state index is 0. The molecule has 0 aromatic heterocycles. The van der Waals surface area contributed by atoms with E-state index >= 15 is 0 Å². The zero-order chi connectivity index (χ0) is 6.57. The minimum Gasteiger partial charge on any atom is -0.390 e. The Labute approximate surface area is 62.2 Å². The highest BCUT2D eigenvalue weighted by Crippen LogP contribution is 1.80. The number of aliphatic hydroxyl groups excluding tert-OH is 1. The van der Waals surface area contributed by atoms with Gasteiger partial charge in [-0.2, -0.15) is 0 Å². The molecule has 0 saturated carbocycles. The van der Waals surface area contributed by atoms with Gasteiger partial charge >= 0.3 is 0 Å². The van der Waals surface area contributed by atoms with Gasteiger partial charge in [-0.3, -0.25) is 0 Å². The van der Waals surface area contributed by atoms with Crippen molar-refractivity contribution in [3.63, 3.8) is 0 Å². The van der Waals surface area contributed by atoms with E-state index < -0.39 is 0 Å². The van der Waals surface area contributed by atoms with E-state index in [1.54, 1.807) is 0 Å². The van der Waals surface area contributed by atoms with E-state index in [2.05, 4.69) is 0 Å². The molecule has 58 valence electrons. The van der Waals surface area contributed by atoms with E-state index in [1.165, 1.54) is 0 Å². The molecule has 0 aliphatic carbocycles. The monoisotopic (exact) mass is 154 g/mol. The number of aliphatic hydroxyl groups is 1. The van der Waals surface area contributed by atoms with Crippen molar-refractivity contribution in [2.45, 2.75) is 6.10 Å². The lowest BCUT2D eigenvalue weighted by Gasteiger charge is -2.12. The van der Waals surface area contributed by atoms with Crippen LogP contribution in [0, 0.1) is 0 Å². The second-order valence-electron chi connectivity index (χ2n) is 2.15. The van der Waals surface area contributed by atoms with Gasteiger partial charge in [-0.25, -0.2) is 0 Å². The molecule has 0 radical (unpaired) electrons. The fourth-order valence-corrected chi connectivity index (χ4v) is 0.496. The van der Waals surface area contributed by atoms with E-state index in [0.717, 1.165) is 0 Å². The van der Waals surface area contributed by atoms with Crippen LogP contribution in [-0.4, -0.2) is 43.3 Å². The summed E-state index contributed by atoms with van der Waals surface area (Å²) in [5, 5.41) is 8.86. The number of hydrogen-bond donors (Lipinski definition) is 2. The van der Waals surface area contributed by atoms with E-state index in [0.29, 0.717) is 13.1 Å². The summed E-state index contributed by atoms with van der Waals surface area (Å²) in [6.45, 7) is 0.995. The summed E-state index contributed by atoms with van der Waals surface area (Å²) in [4.78, 5) is 1.90. The van der Waals surface area contributed by atoms with Crippen molar-refractivity contribution in [3.8, 4) is 0 Å². The summed E-state index contributed by atoms with van der Waals surface area (Å²) in [5.41, 5.74) is 5.14. The molecule has 0 fully saturated rings. The van der Waals surface area contributed by atoms with Crippen molar-refractivity contribution < 1.29 is 5.11 Å². The highest BCUT2D eigenvalue weighted by molar-refractivity contribution is 5.85. The Morgan fingerprint density at radius 1 is 1.56 bits per heavy atom. The first kappa shape index (κ1) is 11.9. The van der Waals surface area contributed by atoms with Gasteiger partial charge in [0.25, 0.3) is 0 Å². The first-order chi connectivity index (χ1) is 3.66. The third-order valence-corrected chi connectivity index (χ3v) is 0.848. The number of nitrogens with zero attached hydrogens (tertiary/aromatic N) is 1. The molecule has 0 heterocycles. The molecule has 0 aromatic carbocycles. The average Bonchev–Trinajstić information content (AvgIpc) is 1.65. The Kier molecular flexibility index (Phi) is 8.32. The van der Waals surface area contributed by atoms with Gasteiger partial charge in [0, 0.05) is 13.1 Å². The van der Waals surface area contributed by atoms with Crippen LogP contribution in [0.2, 0.25) is 0 Å². The zero-order valence-corrected chi connectivity index (χ0v) is 6.69. The molecule has 0 amide bonds. The summed E-state index contributed by atoms with van der Waals surface area (Å²) in [5.74, 6) is 0. The SMILES string of the molecule is CN(C)CC(O)CN.Cl. The molecule has 9 heavy (non-hydrogen) atoms. The van der Waals surface area contributed by atoms with Crippen molar-refractivity contribution in [2.75, 3.05) is 27.2 Å². The van der Waals surface area contributed by atoms with Gasteiger partial charge in [-0.15, -0.1) is 12.4 Å². The van der Waals surface area contributed by atoms with Gasteiger partial charge in [0.05, 0.1) is 6.10 Å². The molecule has 0 aliphatic rings. The number of hydrogen-bond acceptors (Lipinski definition) is 3. The number of rotatable bonds is 3. The van der Waals surface area contributed by atoms with Gasteiger partial charge < -0.3 is 15.7 Å². The van der Waals surface area contributed by atoms with Crippen molar-refractivity contribution in [1.82, 2.24) is 4.90 Å². The maximum Gasteiger partial charge on any atom is 0.0788 e. The van der Waals surface area contributed by atoms with Gasteiger partial charge in [-0.1, -0.05) is 0 Å². The maximum absolute atomic E-state index is 8.86. The van der Waals surface area contributed by atoms with Crippen molar-refractivity contribution in [2.24, 2.45) is 5.73 Å². The van der Waals surface area contributed by atoms with Crippen LogP contribution in [0.5, 0.6) is 0 Å². The van der Waals surface area contributed by atoms with E-state index in [1.807, 2.05) is 19.0 Å². The molecule has 3 nitrogen and oxygen atoms in total. The summed E-state index contributed by atoms with van der Waals surface area (Å²) in [7, 11) is 3.80. The van der Waals surface area contributed by atoms with Crippen LogP contribution in [-0.2, 0) is 0 Å². The van der Waals surface area contributed by atoms with E-state index in [4.69, 9.17) is 10.8 Å². The Morgan fingerprint density at radius 2 is 2.00 bits per heavy atom. The summed E-state index contributed by atoms with van der Waals surface area (Å²) in [6.07, 6.45) is -0.370. The fraction of sp³-hybridized carbons (Fsp3) is 1.00. The Morgan fingerprint density at radius 3 is 2.11 bits per heavy atom. The normalized spacial score (nSPS) is 13.0. The topological polar surface area (TPSA) is 49.5 Å². The molecule has 0 aromatic rings. The van der Waals surface area contributed by atoms with E-state index in [-0.39, 0.29) is 18.5 Å². The molecular formula is C5H15ClN2O. The number of likely N-dealkylation sites (N-methyl/N-ethyl adjacent to an activating group) is 1. The van der Waals surface area contributed by atoms with Crippen LogP contribution in [0.3, 0.4) is 0 Å². The van der Waals surface area contributed by atoms with Crippen LogP contribution < -0.4 is 5.73 Å². The smallest absolute Gasteiger partial charge is 0.0788 e. The standard InChI is InChI=1S/C5H14N2O.ClH/c1-7(2)4-5(8)3-6;/h5,8H,3-4,6H2,1-2H3;1H. The molecular weight excluding hydrogens is 140 g/mol. The van der Waals surface area contributed by atoms with Crippen molar-refractivity contribution in [3.05, 3.63) is 0 Å². The van der Waals surface area contributed by atoms with Gasteiger partial charge in [0.1, 0.15) is 0 Å². The van der Waals surface area contributed by atoms with Crippen LogP contribution in [0.4, 0.5) is 0 Å². The largest absolute Gasteiger partial charge is 0.390 e. The van der Waals surface area contributed by atoms with Gasteiger partial charge in [-0.05, 0) is 14.1 Å². The quantitative estimate of drug-likeness (QED) is 0.565. The lowest BCUT2D eigenvalue weighted by atomic mass is 10.3. The van der Waals surface area contributed by atoms with Crippen LogP contribution in [0.1, 0.15) is 0 Å². The molecule has 0 aliphatic heterocycles. The van der Waals surface area contributed by atoms with Gasteiger partial charge in [0.15, 0.2) is 0 Å². The lowest BCUT2D eigenvalue weighted by molar-refractivity contribution is 0.144. The lowest BCUT2D eigenvalue weighted by Crippen LogP contribution is -2.31. The predicted molar refractivity (Wildman–Crippen MR) is 40.9 cm³/mol. The Hall–Kier alpha value is 0.170. The summed E-state index contributed by atoms with van der Waals surface area (Å²) in [6, 6.07) is 0. The third kappa shape index (κ3) is 8.17. The molecule has 0 rings (SSSR count). The van der Waals surface area contributed by atoms with Crippen LogP contribution in [0.15, 0.2) is 0 Å². The van der Waals surface area contributed by atoms with Crippen molar-refractivity contribution in [1.29, 1.82) is 0 Å². The second kappa shape index (κ2) is 6.29. The first-order valence-corrected chi connectivity index (χ1v) is 2.69. The first-order valence-electron chi connectivity index (χ1n) is 2.69. The molecule has 1 atom stereocenters. The van der Waals surface area contributed by atoms with Gasteiger partial charge in [0.2, 0.25) is 0 Å². The van der Waals surface area contributed by atoms with E-state index in [9.17, 15) is 0 Å². The predicted octanol–water partition coefficient (Wildman–Crippen LogP) is -0.711. The number of halogens is 1. The maximum atomic E-state index is 8.86. The van der Waals surface area contributed by atoms with Crippen LogP contribution in [0.25, 0.3) is 0 Å². The van der Waals surface area contributed by atoms with Crippen molar-refractivity contribution >= 4 is 12.4 Å². The highest BCUT2D eigenvalue weighted by Gasteiger charge is 1.99. The molecule has 3 N–H and O–H groups in total. The highest BCUT2D eigenvalue weighted by atomic mass is 35.5. The zero-order valence-electron chi connectivity index (χ0n) is 5.87.